The van der Waals surface area contributed by atoms with Gasteiger partial charge in [-0.05, 0) is 55.6 Å². The van der Waals surface area contributed by atoms with E-state index < -0.39 is 16.5 Å². The molecule has 3 heteroatoms. The maximum Gasteiger partial charge on any atom is 0.174 e. The van der Waals surface area contributed by atoms with Gasteiger partial charge in [0.1, 0.15) is 0 Å². The molecule has 2 aromatic rings. The fourth-order valence-corrected chi connectivity index (χ4v) is 17.4. The molecule has 0 bridgehead atoms. The van der Waals surface area contributed by atoms with Crippen molar-refractivity contribution >= 4 is 32.5 Å². The maximum absolute atomic E-state index is 2.83. The maximum atomic E-state index is 2.83. The predicted molar refractivity (Wildman–Crippen MR) is 94.3 cm³/mol. The summed E-state index contributed by atoms with van der Waals surface area (Å²) in [5.41, 5.74) is 2.90. The van der Waals surface area contributed by atoms with Crippen LogP contribution in [0.3, 0.4) is 0 Å². The first-order valence-corrected chi connectivity index (χ1v) is 13.2. The summed E-state index contributed by atoms with van der Waals surface area (Å²) < 4.78 is 2.83. The van der Waals surface area contributed by atoms with Crippen LogP contribution >= 0.6 is 0 Å². The van der Waals surface area contributed by atoms with E-state index in [9.17, 15) is 0 Å². The standard InChI is InChI=1S/C17H23NSi2/c1-14-10-9-13-16-17(14)20(4,5)18(19(16,2)3)15-11-7-6-8-12-15/h6-13H,1-5H3. The fourth-order valence-electron chi connectivity index (χ4n) is 4.14. The first-order chi connectivity index (χ1) is 9.37. The predicted octanol–water partition coefficient (Wildman–Crippen LogP) is 3.34. The van der Waals surface area contributed by atoms with Crippen LogP contribution in [0.25, 0.3) is 0 Å². The number of hydrogen-bond donors (Lipinski definition) is 0. The molecule has 3 rings (SSSR count). The zero-order chi connectivity index (χ0) is 14.5. The normalized spacial score (nSPS) is 18.9. The van der Waals surface area contributed by atoms with Crippen LogP contribution in [0.2, 0.25) is 26.2 Å². The van der Waals surface area contributed by atoms with Gasteiger partial charge in [0.2, 0.25) is 0 Å². The lowest BCUT2D eigenvalue weighted by molar-refractivity contribution is 1.41. The number of rotatable bonds is 1. The van der Waals surface area contributed by atoms with Gasteiger partial charge in [0.25, 0.3) is 0 Å². The summed E-state index contributed by atoms with van der Waals surface area (Å²) in [5.74, 6) is 0. The molecule has 1 aliphatic heterocycles. The molecule has 0 atom stereocenters. The molecule has 0 spiro atoms. The molecular formula is C17H23NSi2. The fraction of sp³-hybridized carbons (Fsp3) is 0.294. The van der Waals surface area contributed by atoms with Crippen LogP contribution < -0.4 is 14.6 Å². The van der Waals surface area contributed by atoms with Crippen molar-refractivity contribution in [2.45, 2.75) is 33.1 Å². The van der Waals surface area contributed by atoms with E-state index in [1.807, 2.05) is 0 Å². The van der Waals surface area contributed by atoms with Gasteiger partial charge in [-0.3, -0.25) is 0 Å². The molecule has 1 aliphatic rings. The summed E-state index contributed by atoms with van der Waals surface area (Å²) >= 11 is 0. The Kier molecular flexibility index (Phi) is 2.96. The lowest BCUT2D eigenvalue weighted by atomic mass is 10.2. The largest absolute Gasteiger partial charge is 0.417 e. The van der Waals surface area contributed by atoms with Crippen molar-refractivity contribution in [3.63, 3.8) is 0 Å². The van der Waals surface area contributed by atoms with E-state index >= 15 is 0 Å². The first kappa shape index (κ1) is 13.6. The number of fused-ring (bicyclic) bond motifs is 1. The van der Waals surface area contributed by atoms with Gasteiger partial charge < -0.3 is 4.23 Å². The van der Waals surface area contributed by atoms with Crippen LogP contribution in [0.15, 0.2) is 48.5 Å². The highest BCUT2D eigenvalue weighted by atomic mass is 28.4. The quantitative estimate of drug-likeness (QED) is 0.730. The van der Waals surface area contributed by atoms with E-state index in [1.54, 1.807) is 10.4 Å². The molecule has 0 N–H and O–H groups in total. The van der Waals surface area contributed by atoms with Crippen LogP contribution in [0.4, 0.5) is 5.69 Å². The molecular weight excluding hydrogens is 274 g/mol. The van der Waals surface area contributed by atoms with E-state index in [0.717, 1.165) is 0 Å². The average Bonchev–Trinajstić information content (AvgIpc) is 2.55. The molecule has 0 saturated carbocycles. The Balaban J connectivity index is 2.27. The molecule has 2 aromatic carbocycles. The Morgan fingerprint density at radius 1 is 0.750 bits per heavy atom. The number of para-hydroxylation sites is 1. The smallest absolute Gasteiger partial charge is 0.174 e. The first-order valence-electron chi connectivity index (χ1n) is 7.33. The Morgan fingerprint density at radius 3 is 2.00 bits per heavy atom. The number of hydrogen-bond acceptors (Lipinski definition) is 1. The molecule has 0 amide bonds. The number of aryl methyl sites for hydroxylation is 1. The molecule has 20 heavy (non-hydrogen) atoms. The molecule has 104 valence electrons. The molecule has 0 saturated heterocycles. The van der Waals surface area contributed by atoms with Crippen LogP contribution in [0.5, 0.6) is 0 Å². The third-order valence-electron chi connectivity index (χ3n) is 4.68. The Hall–Kier alpha value is -1.33. The number of benzene rings is 2. The van der Waals surface area contributed by atoms with Gasteiger partial charge in [0, 0.05) is 5.69 Å². The van der Waals surface area contributed by atoms with Crippen molar-refractivity contribution < 1.29 is 0 Å². The molecule has 0 radical (unpaired) electrons. The topological polar surface area (TPSA) is 3.24 Å². The highest BCUT2D eigenvalue weighted by Crippen LogP contribution is 2.32. The van der Waals surface area contributed by atoms with Crippen molar-refractivity contribution in [2.24, 2.45) is 0 Å². The molecule has 0 fully saturated rings. The SMILES string of the molecule is Cc1cccc2c1[Si](C)(C)N(c1ccccc1)[Si]2(C)C. The third-order valence-corrected chi connectivity index (χ3v) is 14.7. The minimum absolute atomic E-state index is 1.41. The molecule has 1 heterocycles. The Bertz CT molecular complexity index is 647. The van der Waals surface area contributed by atoms with Crippen LogP contribution in [0, 0.1) is 6.92 Å². The highest BCUT2D eigenvalue weighted by molar-refractivity contribution is 7.18. The Labute approximate surface area is 124 Å². The van der Waals surface area contributed by atoms with Crippen molar-refractivity contribution in [2.75, 3.05) is 4.23 Å². The summed E-state index contributed by atoms with van der Waals surface area (Å²) in [5, 5.41) is 3.33. The molecule has 0 aromatic heterocycles. The van der Waals surface area contributed by atoms with Crippen molar-refractivity contribution in [1.82, 2.24) is 0 Å². The monoisotopic (exact) mass is 297 g/mol. The van der Waals surface area contributed by atoms with Gasteiger partial charge >= 0.3 is 0 Å². The molecule has 0 unspecified atom stereocenters. The van der Waals surface area contributed by atoms with Crippen LogP contribution in [-0.4, -0.2) is 16.5 Å². The van der Waals surface area contributed by atoms with E-state index in [4.69, 9.17) is 0 Å². The summed E-state index contributed by atoms with van der Waals surface area (Å²) in [7, 11) is -3.22. The second-order valence-corrected chi connectivity index (χ2v) is 15.4. The van der Waals surface area contributed by atoms with Gasteiger partial charge in [-0.2, -0.15) is 0 Å². The van der Waals surface area contributed by atoms with Gasteiger partial charge in [-0.15, -0.1) is 0 Å². The van der Waals surface area contributed by atoms with Crippen LogP contribution in [-0.2, 0) is 0 Å². The van der Waals surface area contributed by atoms with Crippen molar-refractivity contribution in [3.8, 4) is 0 Å². The van der Waals surface area contributed by atoms with E-state index in [-0.39, 0.29) is 0 Å². The molecule has 1 nitrogen and oxygen atoms in total. The minimum Gasteiger partial charge on any atom is -0.417 e. The molecule has 0 aliphatic carbocycles. The van der Waals surface area contributed by atoms with Gasteiger partial charge in [0.05, 0.1) is 0 Å². The Morgan fingerprint density at radius 2 is 1.40 bits per heavy atom. The van der Waals surface area contributed by atoms with E-state index in [2.05, 4.69) is 85.9 Å². The van der Waals surface area contributed by atoms with Gasteiger partial charge in [0.15, 0.2) is 16.5 Å². The van der Waals surface area contributed by atoms with Crippen molar-refractivity contribution in [3.05, 3.63) is 54.1 Å². The van der Waals surface area contributed by atoms with E-state index in [1.165, 1.54) is 11.3 Å². The zero-order valence-electron chi connectivity index (χ0n) is 13.1. The number of nitrogens with zero attached hydrogens (tertiary/aromatic N) is 1. The van der Waals surface area contributed by atoms with Gasteiger partial charge in [-0.25, -0.2) is 0 Å². The average molecular weight is 298 g/mol. The highest BCUT2D eigenvalue weighted by Gasteiger charge is 2.52. The summed E-state index contributed by atoms with van der Waals surface area (Å²) in [6.07, 6.45) is 0. The summed E-state index contributed by atoms with van der Waals surface area (Å²) in [4.78, 5) is 0. The van der Waals surface area contributed by atoms with E-state index in [0.29, 0.717) is 0 Å². The van der Waals surface area contributed by atoms with Gasteiger partial charge in [-0.1, -0.05) is 42.0 Å². The van der Waals surface area contributed by atoms with Crippen molar-refractivity contribution in [1.29, 1.82) is 0 Å². The third kappa shape index (κ3) is 1.73. The lowest BCUT2D eigenvalue weighted by Gasteiger charge is -2.41. The second-order valence-electron chi connectivity index (χ2n) is 6.79. The number of anilines is 1. The zero-order valence-corrected chi connectivity index (χ0v) is 15.1. The summed E-state index contributed by atoms with van der Waals surface area (Å²) in [6, 6.07) is 17.9. The van der Waals surface area contributed by atoms with Crippen LogP contribution in [0.1, 0.15) is 5.56 Å². The summed E-state index contributed by atoms with van der Waals surface area (Å²) in [6.45, 7) is 12.3. The lowest BCUT2D eigenvalue weighted by Crippen LogP contribution is -2.61. The minimum atomic E-state index is -1.62. The second kappa shape index (κ2) is 4.33.